The zero-order chi connectivity index (χ0) is 36.5. The number of aromatic nitrogens is 3. The van der Waals surface area contributed by atoms with E-state index in [2.05, 4.69) is 36.2 Å². The molecule has 0 aliphatic carbocycles. The van der Waals surface area contributed by atoms with Gasteiger partial charge in [-0.1, -0.05) is 48.5 Å². The SMILES string of the molecule is O=C(O)c1cccc(Nc2nc(NCCOCCOCCCC(=O)c3ccccc3)nc(Nc3ccc(C(=O)NCc4ccc(F)cc4)cc3)n2)c1. The maximum Gasteiger partial charge on any atom is 0.335 e. The second-order valence-corrected chi connectivity index (χ2v) is 11.4. The predicted octanol–water partition coefficient (Wildman–Crippen LogP) is 6.23. The number of halogens is 1. The fourth-order valence-electron chi connectivity index (χ4n) is 4.81. The summed E-state index contributed by atoms with van der Waals surface area (Å²) in [5, 5.41) is 21.4. The van der Waals surface area contributed by atoms with Crippen molar-refractivity contribution in [3.63, 3.8) is 0 Å². The molecule has 5 rings (SSSR count). The van der Waals surface area contributed by atoms with Crippen LogP contribution in [0.4, 0.5) is 33.6 Å². The number of rotatable bonds is 20. The molecule has 0 atom stereocenters. The first-order chi connectivity index (χ1) is 25.3. The summed E-state index contributed by atoms with van der Waals surface area (Å²) in [6, 6.07) is 28.0. The van der Waals surface area contributed by atoms with Crippen LogP contribution in [0.25, 0.3) is 0 Å². The Labute approximate surface area is 299 Å². The first-order valence-electron chi connectivity index (χ1n) is 16.6. The number of anilines is 5. The molecule has 5 aromatic rings. The van der Waals surface area contributed by atoms with Crippen molar-refractivity contribution in [1.82, 2.24) is 20.3 Å². The second kappa shape index (κ2) is 19.2. The average Bonchev–Trinajstić information content (AvgIpc) is 3.16. The highest BCUT2D eigenvalue weighted by atomic mass is 19.1. The Morgan fingerprint density at radius 3 is 2.02 bits per heavy atom. The molecule has 1 aromatic heterocycles. The van der Waals surface area contributed by atoms with E-state index in [-0.39, 0.29) is 47.5 Å². The highest BCUT2D eigenvalue weighted by Gasteiger charge is 2.11. The van der Waals surface area contributed by atoms with Crippen molar-refractivity contribution in [2.45, 2.75) is 19.4 Å². The number of hydrogen-bond donors (Lipinski definition) is 5. The van der Waals surface area contributed by atoms with Crippen LogP contribution in [0, 0.1) is 5.82 Å². The summed E-state index contributed by atoms with van der Waals surface area (Å²) < 4.78 is 24.4. The Morgan fingerprint density at radius 2 is 1.31 bits per heavy atom. The minimum atomic E-state index is -1.07. The maximum atomic E-state index is 13.2. The number of carboxylic acids is 1. The Morgan fingerprint density at radius 1 is 0.654 bits per heavy atom. The minimum Gasteiger partial charge on any atom is -0.478 e. The predicted molar refractivity (Wildman–Crippen MR) is 194 cm³/mol. The van der Waals surface area contributed by atoms with E-state index >= 15 is 0 Å². The Kier molecular flexibility index (Phi) is 13.7. The van der Waals surface area contributed by atoms with E-state index in [0.717, 1.165) is 5.56 Å². The molecule has 0 spiro atoms. The van der Waals surface area contributed by atoms with Crippen LogP contribution >= 0.6 is 0 Å². The monoisotopic (exact) mass is 707 g/mol. The largest absolute Gasteiger partial charge is 0.478 e. The van der Waals surface area contributed by atoms with Crippen LogP contribution in [-0.4, -0.2) is 70.7 Å². The van der Waals surface area contributed by atoms with E-state index < -0.39 is 5.97 Å². The average molecular weight is 708 g/mol. The molecular formula is C38H38FN7O6. The molecule has 0 fully saturated rings. The zero-order valence-electron chi connectivity index (χ0n) is 28.2. The standard InChI is InChI=1S/C38H38FN7O6/c39-30-15-11-26(12-16-30)25-41-34(48)28-13-17-31(18-14-28)42-37-44-36(45-38(46-37)43-32-9-4-8-29(24-32)35(49)50)40-19-21-52-23-22-51-20-5-10-33(47)27-6-2-1-3-7-27/h1-4,6-9,11-18,24H,5,10,19-23,25H2,(H,41,48)(H,49,50)(H3,40,42,43,44,45,46). The third kappa shape index (κ3) is 12.0. The van der Waals surface area contributed by atoms with Gasteiger partial charge in [-0.15, -0.1) is 0 Å². The summed E-state index contributed by atoms with van der Waals surface area (Å²) in [7, 11) is 0. The van der Waals surface area contributed by atoms with Gasteiger partial charge in [0.25, 0.3) is 5.91 Å². The lowest BCUT2D eigenvalue weighted by atomic mass is 10.1. The van der Waals surface area contributed by atoms with Gasteiger partial charge < -0.3 is 35.8 Å². The van der Waals surface area contributed by atoms with Crippen LogP contribution in [0.15, 0.2) is 103 Å². The number of nitrogens with one attached hydrogen (secondary N) is 4. The highest BCUT2D eigenvalue weighted by molar-refractivity contribution is 5.96. The van der Waals surface area contributed by atoms with Crippen molar-refractivity contribution in [1.29, 1.82) is 0 Å². The first kappa shape index (κ1) is 37.0. The maximum absolute atomic E-state index is 13.2. The van der Waals surface area contributed by atoms with Crippen LogP contribution in [-0.2, 0) is 16.0 Å². The van der Waals surface area contributed by atoms with Crippen LogP contribution in [0.5, 0.6) is 0 Å². The number of Topliss-reactive ketones (excluding diaryl/α,β-unsaturated/α-hetero) is 1. The van der Waals surface area contributed by atoms with E-state index in [4.69, 9.17) is 9.47 Å². The number of ketones is 1. The number of nitrogens with zero attached hydrogens (tertiary/aromatic N) is 3. The fraction of sp³-hybridized carbons (Fsp3) is 0.211. The molecular weight excluding hydrogens is 669 g/mol. The number of benzene rings is 4. The molecule has 52 heavy (non-hydrogen) atoms. The van der Waals surface area contributed by atoms with Gasteiger partial charge in [0.15, 0.2) is 5.78 Å². The topological polar surface area (TPSA) is 177 Å². The van der Waals surface area contributed by atoms with Crippen molar-refractivity contribution in [2.24, 2.45) is 0 Å². The quantitative estimate of drug-likeness (QED) is 0.0456. The van der Waals surface area contributed by atoms with Gasteiger partial charge in [0.2, 0.25) is 17.8 Å². The first-order valence-corrected chi connectivity index (χ1v) is 16.6. The van der Waals surface area contributed by atoms with Gasteiger partial charge in [-0.05, 0) is 66.6 Å². The number of amides is 1. The molecule has 0 aliphatic heterocycles. The minimum absolute atomic E-state index is 0.0913. The summed E-state index contributed by atoms with van der Waals surface area (Å²) in [5.74, 6) is -1.05. The third-order valence-electron chi connectivity index (χ3n) is 7.46. The van der Waals surface area contributed by atoms with Gasteiger partial charge >= 0.3 is 5.97 Å². The Balaban J connectivity index is 1.12. The molecule has 0 radical (unpaired) electrons. The third-order valence-corrected chi connectivity index (χ3v) is 7.46. The molecule has 0 saturated carbocycles. The zero-order valence-corrected chi connectivity index (χ0v) is 28.2. The molecule has 4 aromatic carbocycles. The van der Waals surface area contributed by atoms with E-state index in [1.807, 2.05) is 18.2 Å². The second-order valence-electron chi connectivity index (χ2n) is 11.4. The van der Waals surface area contributed by atoms with Crippen molar-refractivity contribution < 1.29 is 33.4 Å². The van der Waals surface area contributed by atoms with Crippen molar-refractivity contribution >= 4 is 46.9 Å². The summed E-state index contributed by atoms with van der Waals surface area (Å²) in [5.41, 5.74) is 3.05. The number of hydrogen-bond acceptors (Lipinski definition) is 11. The van der Waals surface area contributed by atoms with E-state index in [9.17, 15) is 23.9 Å². The van der Waals surface area contributed by atoms with E-state index in [0.29, 0.717) is 68.3 Å². The molecule has 14 heteroatoms. The van der Waals surface area contributed by atoms with Gasteiger partial charge in [-0.25, -0.2) is 9.18 Å². The number of carbonyl (C=O) groups is 3. The van der Waals surface area contributed by atoms with Gasteiger partial charge in [-0.2, -0.15) is 15.0 Å². The smallest absolute Gasteiger partial charge is 0.335 e. The summed E-state index contributed by atoms with van der Waals surface area (Å²) in [6.07, 6.45) is 1.04. The number of carbonyl (C=O) groups excluding carboxylic acids is 2. The highest BCUT2D eigenvalue weighted by Crippen LogP contribution is 2.20. The number of aromatic carboxylic acids is 1. The van der Waals surface area contributed by atoms with Gasteiger partial charge in [0.1, 0.15) is 5.82 Å². The normalized spacial score (nSPS) is 10.7. The fourth-order valence-corrected chi connectivity index (χ4v) is 4.81. The molecule has 5 N–H and O–H groups in total. The molecule has 0 bridgehead atoms. The molecule has 0 saturated heterocycles. The van der Waals surface area contributed by atoms with Crippen LogP contribution < -0.4 is 21.3 Å². The molecule has 268 valence electrons. The summed E-state index contributed by atoms with van der Waals surface area (Å²) in [6.45, 7) is 2.16. The lowest BCUT2D eigenvalue weighted by Crippen LogP contribution is -2.22. The molecule has 1 amide bonds. The van der Waals surface area contributed by atoms with Crippen molar-refractivity contribution in [2.75, 3.05) is 48.9 Å². The molecule has 1 heterocycles. The van der Waals surface area contributed by atoms with Crippen LogP contribution in [0.2, 0.25) is 0 Å². The van der Waals surface area contributed by atoms with E-state index in [1.54, 1.807) is 60.7 Å². The number of ether oxygens (including phenoxy) is 2. The summed E-state index contributed by atoms with van der Waals surface area (Å²) >= 11 is 0. The van der Waals surface area contributed by atoms with Crippen LogP contribution in [0.3, 0.4) is 0 Å². The molecule has 0 aliphatic rings. The summed E-state index contributed by atoms with van der Waals surface area (Å²) in [4.78, 5) is 49.6. The number of carboxylic acid groups (broad SMARTS) is 1. The van der Waals surface area contributed by atoms with Crippen molar-refractivity contribution in [3.05, 3.63) is 131 Å². The van der Waals surface area contributed by atoms with Gasteiger partial charge in [0.05, 0.1) is 25.4 Å². The lowest BCUT2D eigenvalue weighted by Gasteiger charge is -2.12. The van der Waals surface area contributed by atoms with Gasteiger partial charge in [0, 0.05) is 48.6 Å². The Hall–Kier alpha value is -6.25. The van der Waals surface area contributed by atoms with Crippen LogP contribution in [0.1, 0.15) is 49.5 Å². The Bertz CT molecular complexity index is 1930. The van der Waals surface area contributed by atoms with Crippen molar-refractivity contribution in [3.8, 4) is 0 Å². The molecule has 13 nitrogen and oxygen atoms in total. The lowest BCUT2D eigenvalue weighted by molar-refractivity contribution is 0.0497. The molecule has 0 unspecified atom stereocenters. The van der Waals surface area contributed by atoms with Gasteiger partial charge in [-0.3, -0.25) is 9.59 Å². The van der Waals surface area contributed by atoms with E-state index in [1.165, 1.54) is 24.3 Å².